The van der Waals surface area contributed by atoms with E-state index in [1.807, 2.05) is 25.1 Å². The second-order valence-corrected chi connectivity index (χ2v) is 3.41. The molecule has 0 aliphatic carbocycles. The molecule has 0 radical (unpaired) electrons. The van der Waals surface area contributed by atoms with Crippen LogP contribution in [0.3, 0.4) is 0 Å². The molecule has 0 aromatic heterocycles. The molecule has 0 saturated heterocycles. The van der Waals surface area contributed by atoms with Crippen molar-refractivity contribution in [1.29, 1.82) is 0 Å². The summed E-state index contributed by atoms with van der Waals surface area (Å²) in [6.07, 6.45) is 0. The van der Waals surface area contributed by atoms with Crippen molar-refractivity contribution < 1.29 is 4.74 Å². The number of hydrogen-bond acceptors (Lipinski definition) is 3. The summed E-state index contributed by atoms with van der Waals surface area (Å²) < 4.78 is 5.99. The van der Waals surface area contributed by atoms with Crippen molar-refractivity contribution in [2.45, 2.75) is 6.92 Å². The van der Waals surface area contributed by atoms with E-state index < -0.39 is 0 Å². The molecule has 4 heteroatoms. The van der Waals surface area contributed by atoms with Gasteiger partial charge in [-0.2, -0.15) is 5.10 Å². The third kappa shape index (κ3) is 2.21. The summed E-state index contributed by atoms with van der Waals surface area (Å²) in [5.74, 6) is 5.99. The van der Waals surface area contributed by atoms with Gasteiger partial charge in [0.15, 0.2) is 0 Å². The van der Waals surface area contributed by atoms with Crippen LogP contribution in [0.2, 0.25) is 0 Å². The lowest BCUT2D eigenvalue weighted by atomic mass is 10.1. The first-order valence-corrected chi connectivity index (χ1v) is 4.56. The number of hydrogen-bond donors (Lipinski definition) is 1. The summed E-state index contributed by atoms with van der Waals surface area (Å²) in [4.78, 5) is 0. The van der Waals surface area contributed by atoms with Gasteiger partial charge in [0, 0.05) is 10.0 Å². The molecule has 70 valence electrons. The van der Waals surface area contributed by atoms with Crippen molar-refractivity contribution in [3.63, 3.8) is 0 Å². The number of halogens is 1. The van der Waals surface area contributed by atoms with Crippen molar-refractivity contribution in [1.82, 2.24) is 0 Å². The average molecular weight is 243 g/mol. The van der Waals surface area contributed by atoms with Gasteiger partial charge >= 0.3 is 0 Å². The minimum absolute atomic E-state index is 0.787. The second-order valence-electron chi connectivity index (χ2n) is 2.56. The summed E-state index contributed by atoms with van der Waals surface area (Å²) >= 11 is 3.41. The van der Waals surface area contributed by atoms with Gasteiger partial charge in [0.05, 0.1) is 12.8 Å². The number of ether oxygens (including phenoxy) is 1. The third-order valence-corrected chi connectivity index (χ3v) is 2.42. The fourth-order valence-corrected chi connectivity index (χ4v) is 1.63. The largest absolute Gasteiger partial charge is 0.497 e. The third-order valence-electron chi connectivity index (χ3n) is 1.76. The predicted octanol–water partition coefficient (Wildman–Crippen LogP) is 2.14. The molecule has 13 heavy (non-hydrogen) atoms. The Morgan fingerprint density at radius 3 is 2.69 bits per heavy atom. The molecule has 0 aliphatic heterocycles. The Bertz CT molecular complexity index is 336. The van der Waals surface area contributed by atoms with Crippen LogP contribution in [0.4, 0.5) is 0 Å². The van der Waals surface area contributed by atoms with E-state index in [1.165, 1.54) is 0 Å². The smallest absolute Gasteiger partial charge is 0.120 e. The summed E-state index contributed by atoms with van der Waals surface area (Å²) in [5.41, 5.74) is 1.76. The Kier molecular flexibility index (Phi) is 3.31. The van der Waals surface area contributed by atoms with E-state index in [0.29, 0.717) is 0 Å². The molecule has 0 amide bonds. The first-order chi connectivity index (χ1) is 6.19. The Labute approximate surface area is 85.7 Å². The fourth-order valence-electron chi connectivity index (χ4n) is 0.986. The first-order valence-electron chi connectivity index (χ1n) is 3.77. The van der Waals surface area contributed by atoms with Crippen LogP contribution in [0.15, 0.2) is 27.8 Å². The molecule has 0 saturated carbocycles. The molecule has 0 fully saturated rings. The number of nitrogens with two attached hydrogens (primary N) is 1. The van der Waals surface area contributed by atoms with Gasteiger partial charge in [-0.3, -0.25) is 0 Å². The monoisotopic (exact) mass is 242 g/mol. The van der Waals surface area contributed by atoms with Gasteiger partial charge in [-0.05, 0) is 41.1 Å². The first kappa shape index (κ1) is 10.1. The summed E-state index contributed by atoms with van der Waals surface area (Å²) in [5, 5.41) is 3.62. The molecule has 1 aromatic rings. The molecular weight excluding hydrogens is 232 g/mol. The lowest BCUT2D eigenvalue weighted by Gasteiger charge is -2.05. The standard InChI is InChI=1S/C9H11BrN2O/c1-6(12-11)8-4-3-7(13-2)5-9(8)10/h3-5H,11H2,1-2H3/b12-6+. The highest BCUT2D eigenvalue weighted by Gasteiger charge is 2.03. The Morgan fingerprint density at radius 2 is 2.23 bits per heavy atom. The second kappa shape index (κ2) is 4.28. The summed E-state index contributed by atoms with van der Waals surface area (Å²) in [6.45, 7) is 1.85. The van der Waals surface area contributed by atoms with E-state index in [1.54, 1.807) is 7.11 Å². The lowest BCUT2D eigenvalue weighted by molar-refractivity contribution is 0.414. The average Bonchev–Trinajstić information content (AvgIpc) is 2.16. The minimum atomic E-state index is 0.787. The van der Waals surface area contributed by atoms with Crippen molar-refractivity contribution in [2.24, 2.45) is 10.9 Å². The van der Waals surface area contributed by atoms with Crippen molar-refractivity contribution >= 4 is 21.6 Å². The zero-order valence-corrected chi connectivity index (χ0v) is 9.13. The maximum absolute atomic E-state index is 5.18. The van der Waals surface area contributed by atoms with Crippen LogP contribution in [-0.4, -0.2) is 12.8 Å². The van der Waals surface area contributed by atoms with Gasteiger partial charge in [0.25, 0.3) is 0 Å². The van der Waals surface area contributed by atoms with Gasteiger partial charge in [0.2, 0.25) is 0 Å². The fraction of sp³-hybridized carbons (Fsp3) is 0.222. The number of nitrogens with zero attached hydrogens (tertiary/aromatic N) is 1. The Balaban J connectivity index is 3.12. The molecule has 0 atom stereocenters. The maximum atomic E-state index is 5.18. The van der Waals surface area contributed by atoms with E-state index in [-0.39, 0.29) is 0 Å². The van der Waals surface area contributed by atoms with Gasteiger partial charge in [0.1, 0.15) is 5.75 Å². The van der Waals surface area contributed by atoms with E-state index in [4.69, 9.17) is 10.6 Å². The highest BCUT2D eigenvalue weighted by molar-refractivity contribution is 9.10. The van der Waals surface area contributed by atoms with Crippen LogP contribution < -0.4 is 10.6 Å². The number of methoxy groups -OCH3 is 1. The van der Waals surface area contributed by atoms with E-state index in [0.717, 1.165) is 21.5 Å². The number of hydrazone groups is 1. The van der Waals surface area contributed by atoms with Crippen molar-refractivity contribution in [3.05, 3.63) is 28.2 Å². The quantitative estimate of drug-likeness (QED) is 0.491. The highest BCUT2D eigenvalue weighted by Crippen LogP contribution is 2.23. The normalized spacial score (nSPS) is 11.5. The molecule has 2 N–H and O–H groups in total. The molecule has 3 nitrogen and oxygen atoms in total. The lowest BCUT2D eigenvalue weighted by Crippen LogP contribution is -1.99. The zero-order chi connectivity index (χ0) is 9.84. The molecule has 1 aromatic carbocycles. The van der Waals surface area contributed by atoms with Crippen LogP contribution in [0.5, 0.6) is 5.75 Å². The highest BCUT2D eigenvalue weighted by atomic mass is 79.9. The van der Waals surface area contributed by atoms with Gasteiger partial charge in [-0.25, -0.2) is 0 Å². The van der Waals surface area contributed by atoms with Crippen LogP contribution >= 0.6 is 15.9 Å². The number of rotatable bonds is 2. The Hall–Kier alpha value is -1.03. The summed E-state index contributed by atoms with van der Waals surface area (Å²) in [7, 11) is 1.63. The number of benzene rings is 1. The Morgan fingerprint density at radius 1 is 1.54 bits per heavy atom. The molecule has 0 aliphatic rings. The summed E-state index contributed by atoms with van der Waals surface area (Å²) in [6, 6.07) is 5.66. The molecule has 0 unspecified atom stereocenters. The molecule has 0 spiro atoms. The van der Waals surface area contributed by atoms with E-state index in [2.05, 4.69) is 21.0 Å². The minimum Gasteiger partial charge on any atom is -0.497 e. The predicted molar refractivity (Wildman–Crippen MR) is 57.1 cm³/mol. The van der Waals surface area contributed by atoms with Crippen LogP contribution in [0.1, 0.15) is 12.5 Å². The molecule has 0 bridgehead atoms. The molecule has 0 heterocycles. The van der Waals surface area contributed by atoms with Crippen LogP contribution in [0.25, 0.3) is 0 Å². The van der Waals surface area contributed by atoms with Gasteiger partial charge in [-0.1, -0.05) is 0 Å². The molecular formula is C9H11BrN2O. The molecule has 1 rings (SSSR count). The van der Waals surface area contributed by atoms with Gasteiger partial charge in [-0.15, -0.1) is 0 Å². The van der Waals surface area contributed by atoms with E-state index in [9.17, 15) is 0 Å². The zero-order valence-electron chi connectivity index (χ0n) is 7.54. The van der Waals surface area contributed by atoms with Crippen molar-refractivity contribution in [3.8, 4) is 5.75 Å². The van der Waals surface area contributed by atoms with Crippen LogP contribution in [0, 0.1) is 0 Å². The van der Waals surface area contributed by atoms with Crippen LogP contribution in [-0.2, 0) is 0 Å². The maximum Gasteiger partial charge on any atom is 0.120 e. The van der Waals surface area contributed by atoms with Crippen molar-refractivity contribution in [2.75, 3.05) is 7.11 Å². The van der Waals surface area contributed by atoms with E-state index >= 15 is 0 Å². The topological polar surface area (TPSA) is 47.6 Å². The SMILES string of the molecule is COc1ccc(/C(C)=N/N)c(Br)c1. The van der Waals surface area contributed by atoms with Gasteiger partial charge < -0.3 is 10.6 Å².